The molecular formula is C24H33NO6S2. The van der Waals surface area contributed by atoms with Crippen LogP contribution in [0.4, 0.5) is 10.5 Å². The van der Waals surface area contributed by atoms with Gasteiger partial charge in [-0.25, -0.2) is 13.2 Å². The minimum Gasteiger partial charge on any atom is -0.726 e. The van der Waals surface area contributed by atoms with Crippen molar-refractivity contribution in [2.75, 3.05) is 24.9 Å². The maximum Gasteiger partial charge on any atom is 0.417 e. The summed E-state index contributed by atoms with van der Waals surface area (Å²) >= 11 is 0. The molecular weight excluding hydrogens is 462 g/mol. The van der Waals surface area contributed by atoms with Gasteiger partial charge in [-0.05, 0) is 56.4 Å². The molecule has 33 heavy (non-hydrogen) atoms. The van der Waals surface area contributed by atoms with E-state index >= 15 is 0 Å². The maximum atomic E-state index is 12.6. The topological polar surface area (TPSA) is 105 Å². The lowest BCUT2D eigenvalue weighted by Crippen LogP contribution is -2.20. The predicted octanol–water partition coefficient (Wildman–Crippen LogP) is 5.29. The minimum absolute atomic E-state index is 0.111. The van der Waals surface area contributed by atoms with Gasteiger partial charge in [0.25, 0.3) is 0 Å². The lowest BCUT2D eigenvalue weighted by atomic mass is 9.81. The van der Waals surface area contributed by atoms with Crippen LogP contribution < -0.4 is 10.1 Å². The number of nitrogens with one attached hydrogen (secondary N) is 1. The number of anilines is 1. The largest absolute Gasteiger partial charge is 0.726 e. The van der Waals surface area contributed by atoms with E-state index in [1.165, 1.54) is 48.1 Å². The highest BCUT2D eigenvalue weighted by Gasteiger charge is 2.28. The molecule has 0 spiro atoms. The first-order chi connectivity index (χ1) is 15.5. The molecule has 1 N–H and O–H groups in total. The number of para-hydroxylation sites is 1. The van der Waals surface area contributed by atoms with Crippen LogP contribution in [0.5, 0.6) is 5.75 Å². The number of ether oxygens (including phenoxy) is 1. The highest BCUT2D eigenvalue weighted by molar-refractivity contribution is 7.95. The zero-order valence-corrected chi connectivity index (χ0v) is 21.5. The lowest BCUT2D eigenvalue weighted by Gasteiger charge is -2.27. The molecule has 182 valence electrons. The van der Waals surface area contributed by atoms with Crippen molar-refractivity contribution >= 4 is 33.1 Å². The molecule has 1 fully saturated rings. The summed E-state index contributed by atoms with van der Waals surface area (Å²) in [5.41, 5.74) is 4.35. The van der Waals surface area contributed by atoms with Crippen molar-refractivity contribution < 1.29 is 26.7 Å². The van der Waals surface area contributed by atoms with Gasteiger partial charge in [0.1, 0.15) is 18.3 Å². The van der Waals surface area contributed by atoms with E-state index in [1.54, 1.807) is 0 Å². The van der Waals surface area contributed by atoms with Gasteiger partial charge in [-0.3, -0.25) is 9.50 Å². The van der Waals surface area contributed by atoms with E-state index in [2.05, 4.69) is 41.9 Å². The molecule has 9 heteroatoms. The average Bonchev–Trinajstić information content (AvgIpc) is 2.77. The lowest BCUT2D eigenvalue weighted by molar-refractivity contribution is 0.213. The van der Waals surface area contributed by atoms with Crippen molar-refractivity contribution in [1.82, 2.24) is 0 Å². The average molecular weight is 496 g/mol. The van der Waals surface area contributed by atoms with Crippen LogP contribution in [0, 0.1) is 13.8 Å². The summed E-state index contributed by atoms with van der Waals surface area (Å²) in [4.78, 5) is 13.9. The Morgan fingerprint density at radius 1 is 1.09 bits per heavy atom. The number of hydrogen-bond donors (Lipinski definition) is 1. The third kappa shape index (κ3) is 8.33. The van der Waals surface area contributed by atoms with Crippen LogP contribution in [0.1, 0.15) is 54.7 Å². The molecule has 0 unspecified atom stereocenters. The molecule has 2 aromatic rings. The molecule has 7 nitrogen and oxygen atoms in total. The van der Waals surface area contributed by atoms with Gasteiger partial charge in [-0.15, -0.1) is 0 Å². The number of carbonyl (C=O) groups is 1. The van der Waals surface area contributed by atoms with Crippen molar-refractivity contribution in [3.63, 3.8) is 0 Å². The number of rotatable bonds is 5. The van der Waals surface area contributed by atoms with Crippen LogP contribution >= 0.6 is 0 Å². The number of aryl methyl sites for hydroxylation is 1. The molecule has 0 radical (unpaired) electrons. The first-order valence-electron chi connectivity index (χ1n) is 10.8. The molecule has 1 saturated carbocycles. The molecule has 1 aliphatic rings. The van der Waals surface area contributed by atoms with Crippen molar-refractivity contribution in [3.05, 3.63) is 53.1 Å². The molecule has 1 aliphatic carbocycles. The van der Waals surface area contributed by atoms with Gasteiger partial charge in [0, 0.05) is 27.7 Å². The van der Waals surface area contributed by atoms with E-state index in [-0.39, 0.29) is 10.9 Å². The van der Waals surface area contributed by atoms with Gasteiger partial charge in [0.15, 0.2) is 4.90 Å². The second kappa shape index (κ2) is 12.4. The Morgan fingerprint density at radius 2 is 1.67 bits per heavy atom. The molecule has 0 atom stereocenters. The van der Waals surface area contributed by atoms with Crippen molar-refractivity contribution in [1.29, 1.82) is 0 Å². The summed E-state index contributed by atoms with van der Waals surface area (Å²) < 4.78 is 37.0. The van der Waals surface area contributed by atoms with E-state index < -0.39 is 16.5 Å². The van der Waals surface area contributed by atoms with Crippen LogP contribution in [-0.4, -0.2) is 38.7 Å². The second-order valence-electron chi connectivity index (χ2n) is 8.17. The summed E-state index contributed by atoms with van der Waals surface area (Å²) in [6.45, 7) is 4.26. The van der Waals surface area contributed by atoms with Crippen LogP contribution in [0.2, 0.25) is 0 Å². The van der Waals surface area contributed by atoms with Crippen LogP contribution in [0.25, 0.3) is 0 Å². The van der Waals surface area contributed by atoms with Crippen molar-refractivity contribution in [2.24, 2.45) is 0 Å². The van der Waals surface area contributed by atoms with Gasteiger partial charge in [-0.2, -0.15) is 0 Å². The molecule has 0 saturated heterocycles. The Labute approximate surface area is 200 Å². The van der Waals surface area contributed by atoms with E-state index in [9.17, 15) is 17.8 Å². The van der Waals surface area contributed by atoms with Gasteiger partial charge >= 0.3 is 6.09 Å². The Kier molecular flexibility index (Phi) is 10.2. The first kappa shape index (κ1) is 27.2. The molecule has 0 aromatic heterocycles. The zero-order valence-electron chi connectivity index (χ0n) is 19.8. The SMILES string of the molecule is COS(=O)(=O)[O-].Cc1cc([S+](C)C)c(C)c(OC(=O)Nc2ccccc2)c1C1CCCCC1. The summed E-state index contributed by atoms with van der Waals surface area (Å²) in [5, 5.41) is 2.86. The first-order valence-corrected chi connectivity index (χ1v) is 14.2. The van der Waals surface area contributed by atoms with Gasteiger partial charge in [-0.1, -0.05) is 37.5 Å². The molecule has 0 bridgehead atoms. The summed E-state index contributed by atoms with van der Waals surface area (Å²) in [7, 11) is -3.49. The minimum atomic E-state index is -4.41. The monoisotopic (exact) mass is 495 g/mol. The third-order valence-corrected chi connectivity index (χ3v) is 7.31. The van der Waals surface area contributed by atoms with E-state index in [0.717, 1.165) is 24.1 Å². The second-order valence-corrected chi connectivity index (χ2v) is 11.4. The summed E-state index contributed by atoms with van der Waals surface area (Å²) in [6.07, 6.45) is 10.2. The number of hydrogen-bond acceptors (Lipinski definition) is 6. The van der Waals surface area contributed by atoms with Crippen LogP contribution in [-0.2, 0) is 25.5 Å². The standard InChI is InChI=1S/C23H29NO2S.CH4O4S/c1-16-15-20(27(3)4)17(2)22(21(16)18-11-7-5-8-12-18)26-23(25)24-19-13-9-6-10-14-19;1-5-6(2,3)4/h6,9-10,13-15,18H,5,7-8,11-12H2,1-4H3;1H3,(H,2,3,4). The quantitative estimate of drug-likeness (QED) is 0.343. The number of carbonyl (C=O) groups excluding carboxylic acids is 1. The van der Waals surface area contributed by atoms with Gasteiger partial charge in [0.05, 0.1) is 7.11 Å². The summed E-state index contributed by atoms with van der Waals surface area (Å²) in [6, 6.07) is 11.8. The van der Waals surface area contributed by atoms with Gasteiger partial charge in [0.2, 0.25) is 10.4 Å². The molecule has 0 aliphatic heterocycles. The molecule has 1 amide bonds. The maximum absolute atomic E-state index is 12.6. The normalized spacial score (nSPS) is 14.4. The van der Waals surface area contributed by atoms with Crippen LogP contribution in [0.3, 0.4) is 0 Å². The predicted molar refractivity (Wildman–Crippen MR) is 132 cm³/mol. The van der Waals surface area contributed by atoms with E-state index in [1.807, 2.05) is 30.3 Å². The van der Waals surface area contributed by atoms with Crippen molar-refractivity contribution in [2.45, 2.75) is 56.8 Å². The van der Waals surface area contributed by atoms with E-state index in [0.29, 0.717) is 5.92 Å². The Bertz CT molecular complexity index is 1030. The zero-order chi connectivity index (χ0) is 24.6. The Hall–Kier alpha value is -2.07. The molecule has 0 heterocycles. The van der Waals surface area contributed by atoms with Crippen molar-refractivity contribution in [3.8, 4) is 5.75 Å². The Morgan fingerprint density at radius 3 is 2.18 bits per heavy atom. The van der Waals surface area contributed by atoms with Gasteiger partial charge < -0.3 is 9.29 Å². The fraction of sp³-hybridized carbons (Fsp3) is 0.458. The summed E-state index contributed by atoms with van der Waals surface area (Å²) in [5.74, 6) is 1.27. The number of amides is 1. The van der Waals surface area contributed by atoms with E-state index in [4.69, 9.17) is 4.74 Å². The highest BCUT2D eigenvalue weighted by atomic mass is 32.3. The highest BCUT2D eigenvalue weighted by Crippen LogP contribution is 2.43. The third-order valence-electron chi connectivity index (χ3n) is 5.60. The smallest absolute Gasteiger partial charge is 0.417 e. The fourth-order valence-electron chi connectivity index (χ4n) is 4.09. The molecule has 2 aromatic carbocycles. The molecule has 3 rings (SSSR count). The fourth-order valence-corrected chi connectivity index (χ4v) is 5.20. The Balaban J connectivity index is 0.000000569. The van der Waals surface area contributed by atoms with Crippen LogP contribution in [0.15, 0.2) is 41.3 Å². The number of benzene rings is 2.